The average molecular weight is 393 g/mol. The van der Waals surface area contributed by atoms with Crippen LogP contribution in [0.2, 0.25) is 0 Å². The van der Waals surface area contributed by atoms with Crippen molar-refractivity contribution in [3.63, 3.8) is 0 Å². The number of anilines is 1. The molecule has 0 aliphatic carbocycles. The van der Waals surface area contributed by atoms with Crippen LogP contribution in [0.25, 0.3) is 0 Å². The van der Waals surface area contributed by atoms with E-state index in [1.165, 1.54) is 11.3 Å². The van der Waals surface area contributed by atoms with Gasteiger partial charge in [-0.2, -0.15) is 0 Å². The maximum atomic E-state index is 12.7. The summed E-state index contributed by atoms with van der Waals surface area (Å²) in [6, 6.07) is 0. The van der Waals surface area contributed by atoms with Gasteiger partial charge in [0.15, 0.2) is 5.13 Å². The fourth-order valence-electron chi connectivity index (χ4n) is 4.54. The number of amides is 2. The Labute approximate surface area is 164 Å². The molecular weight excluding hydrogens is 364 g/mol. The van der Waals surface area contributed by atoms with Gasteiger partial charge in [-0.05, 0) is 37.5 Å². The number of thiazole rings is 1. The summed E-state index contributed by atoms with van der Waals surface area (Å²) in [6.45, 7) is 3.85. The Morgan fingerprint density at radius 3 is 2.89 bits per heavy atom. The van der Waals surface area contributed by atoms with Gasteiger partial charge < -0.3 is 19.9 Å². The number of ether oxygens (including phenoxy) is 1. The highest BCUT2D eigenvalue weighted by Crippen LogP contribution is 2.40. The minimum Gasteiger partial charge on any atom is -0.376 e. The van der Waals surface area contributed by atoms with E-state index in [1.807, 2.05) is 22.2 Å². The van der Waals surface area contributed by atoms with E-state index >= 15 is 0 Å². The zero-order chi connectivity index (χ0) is 18.9. The SMILES string of the molecule is CNc1nc(C(=O)N2CCC3(CCC(=O)N(C[C@@H]4CCCO4)C3)CC2)cs1. The molecule has 4 rings (SSSR count). The van der Waals surface area contributed by atoms with Gasteiger partial charge in [-0.1, -0.05) is 0 Å². The number of nitrogens with zero attached hydrogens (tertiary/aromatic N) is 3. The summed E-state index contributed by atoms with van der Waals surface area (Å²) in [4.78, 5) is 33.4. The molecule has 3 fully saturated rings. The van der Waals surface area contributed by atoms with Crippen molar-refractivity contribution in [1.29, 1.82) is 0 Å². The zero-order valence-corrected chi connectivity index (χ0v) is 16.7. The molecule has 1 N–H and O–H groups in total. The van der Waals surface area contributed by atoms with Crippen LogP contribution in [0.15, 0.2) is 5.38 Å². The predicted molar refractivity (Wildman–Crippen MR) is 104 cm³/mol. The third kappa shape index (κ3) is 3.96. The van der Waals surface area contributed by atoms with E-state index in [1.54, 1.807) is 0 Å². The van der Waals surface area contributed by atoms with Crippen molar-refractivity contribution in [3.05, 3.63) is 11.1 Å². The van der Waals surface area contributed by atoms with Crippen LogP contribution in [-0.2, 0) is 9.53 Å². The number of likely N-dealkylation sites (tertiary alicyclic amines) is 2. The van der Waals surface area contributed by atoms with Crippen molar-refractivity contribution < 1.29 is 14.3 Å². The number of carbonyl (C=O) groups excluding carboxylic acids is 2. The monoisotopic (exact) mass is 392 g/mol. The smallest absolute Gasteiger partial charge is 0.273 e. The first-order chi connectivity index (χ1) is 13.1. The van der Waals surface area contributed by atoms with Crippen molar-refractivity contribution in [1.82, 2.24) is 14.8 Å². The van der Waals surface area contributed by atoms with Crippen molar-refractivity contribution in [2.24, 2.45) is 5.41 Å². The van der Waals surface area contributed by atoms with Crippen LogP contribution in [0.1, 0.15) is 49.0 Å². The molecule has 3 saturated heterocycles. The van der Waals surface area contributed by atoms with Gasteiger partial charge in [0.1, 0.15) is 5.69 Å². The van der Waals surface area contributed by atoms with Crippen LogP contribution in [0.4, 0.5) is 5.13 Å². The molecule has 0 radical (unpaired) electrons. The van der Waals surface area contributed by atoms with E-state index in [2.05, 4.69) is 10.3 Å². The van der Waals surface area contributed by atoms with Gasteiger partial charge in [-0.15, -0.1) is 11.3 Å². The molecule has 0 aromatic carbocycles. The van der Waals surface area contributed by atoms with E-state index in [-0.39, 0.29) is 23.3 Å². The number of aromatic nitrogens is 1. The van der Waals surface area contributed by atoms with Gasteiger partial charge in [-0.3, -0.25) is 9.59 Å². The first kappa shape index (κ1) is 18.7. The molecule has 0 saturated carbocycles. The summed E-state index contributed by atoms with van der Waals surface area (Å²) >= 11 is 1.45. The minimum absolute atomic E-state index is 0.0192. The number of piperidine rings is 2. The number of rotatable bonds is 4. The molecule has 1 aromatic rings. The predicted octanol–water partition coefficient (Wildman–Crippen LogP) is 2.21. The molecule has 0 bridgehead atoms. The second-order valence-corrected chi connectivity index (χ2v) is 8.85. The first-order valence-corrected chi connectivity index (χ1v) is 10.8. The van der Waals surface area contributed by atoms with Crippen LogP contribution in [0.5, 0.6) is 0 Å². The first-order valence-electron chi connectivity index (χ1n) is 9.90. The Hall–Kier alpha value is -1.67. The molecule has 27 heavy (non-hydrogen) atoms. The van der Waals surface area contributed by atoms with E-state index in [9.17, 15) is 9.59 Å². The molecule has 1 aromatic heterocycles. The van der Waals surface area contributed by atoms with Crippen LogP contribution in [0.3, 0.4) is 0 Å². The minimum atomic E-state index is 0.0192. The summed E-state index contributed by atoms with van der Waals surface area (Å²) in [6.07, 6.45) is 5.84. The summed E-state index contributed by atoms with van der Waals surface area (Å²) in [5.41, 5.74) is 0.681. The van der Waals surface area contributed by atoms with E-state index in [4.69, 9.17) is 4.74 Å². The number of hydrogen-bond donors (Lipinski definition) is 1. The zero-order valence-electron chi connectivity index (χ0n) is 15.9. The summed E-state index contributed by atoms with van der Waals surface area (Å²) < 4.78 is 5.73. The van der Waals surface area contributed by atoms with E-state index < -0.39 is 0 Å². The molecule has 3 aliphatic heterocycles. The summed E-state index contributed by atoms with van der Waals surface area (Å²) in [5, 5.41) is 5.57. The highest BCUT2D eigenvalue weighted by molar-refractivity contribution is 7.13. The van der Waals surface area contributed by atoms with E-state index in [0.29, 0.717) is 12.1 Å². The van der Waals surface area contributed by atoms with Crippen LogP contribution in [-0.4, -0.2) is 72.5 Å². The van der Waals surface area contributed by atoms with Crippen molar-refractivity contribution in [2.75, 3.05) is 45.2 Å². The lowest BCUT2D eigenvalue weighted by atomic mass is 9.72. The molecule has 1 atom stereocenters. The molecular formula is C19H28N4O3S. The second kappa shape index (κ2) is 7.75. The Morgan fingerprint density at radius 1 is 1.41 bits per heavy atom. The molecule has 1 spiro atoms. The van der Waals surface area contributed by atoms with E-state index in [0.717, 1.165) is 70.0 Å². The Bertz CT molecular complexity index is 693. The number of carbonyl (C=O) groups is 2. The molecule has 0 unspecified atom stereocenters. The van der Waals surface area contributed by atoms with Gasteiger partial charge in [0.2, 0.25) is 5.91 Å². The van der Waals surface area contributed by atoms with Crippen molar-refractivity contribution in [3.8, 4) is 0 Å². The summed E-state index contributed by atoms with van der Waals surface area (Å²) in [5.74, 6) is 0.280. The number of nitrogens with one attached hydrogen (secondary N) is 1. The van der Waals surface area contributed by atoms with Crippen molar-refractivity contribution >= 4 is 28.3 Å². The summed E-state index contributed by atoms with van der Waals surface area (Å²) in [7, 11) is 1.81. The lowest BCUT2D eigenvalue weighted by Crippen LogP contribution is -2.53. The average Bonchev–Trinajstić information content (AvgIpc) is 3.37. The standard InChI is InChI=1S/C19H28N4O3S/c1-20-18-21-15(12-27-18)17(25)22-8-6-19(7-9-22)5-4-16(24)23(13-19)11-14-3-2-10-26-14/h12,14H,2-11,13H2,1H3,(H,20,21)/t14-/m0/s1. The molecule has 7 nitrogen and oxygen atoms in total. The fraction of sp³-hybridized carbons (Fsp3) is 0.737. The fourth-order valence-corrected chi connectivity index (χ4v) is 5.19. The second-order valence-electron chi connectivity index (χ2n) is 7.99. The van der Waals surface area contributed by atoms with Gasteiger partial charge >= 0.3 is 0 Å². The quantitative estimate of drug-likeness (QED) is 0.850. The molecule has 4 heterocycles. The third-order valence-electron chi connectivity index (χ3n) is 6.24. The van der Waals surface area contributed by atoms with Gasteiger partial charge in [0.25, 0.3) is 5.91 Å². The Balaban J connectivity index is 1.35. The molecule has 148 valence electrons. The third-order valence-corrected chi connectivity index (χ3v) is 7.10. The normalized spacial score (nSPS) is 25.2. The lowest BCUT2D eigenvalue weighted by Gasteiger charge is -2.47. The Morgan fingerprint density at radius 2 is 2.22 bits per heavy atom. The van der Waals surface area contributed by atoms with Crippen LogP contribution < -0.4 is 5.32 Å². The van der Waals surface area contributed by atoms with Gasteiger partial charge in [0.05, 0.1) is 6.10 Å². The Kier molecular flexibility index (Phi) is 5.36. The maximum Gasteiger partial charge on any atom is 0.273 e. The lowest BCUT2D eigenvalue weighted by molar-refractivity contribution is -0.141. The molecule has 2 amide bonds. The molecule has 3 aliphatic rings. The molecule has 8 heteroatoms. The highest BCUT2D eigenvalue weighted by atomic mass is 32.1. The number of hydrogen-bond acceptors (Lipinski definition) is 6. The largest absolute Gasteiger partial charge is 0.376 e. The highest BCUT2D eigenvalue weighted by Gasteiger charge is 2.42. The van der Waals surface area contributed by atoms with Gasteiger partial charge in [0, 0.05) is 51.6 Å². The van der Waals surface area contributed by atoms with Crippen LogP contribution >= 0.6 is 11.3 Å². The topological polar surface area (TPSA) is 74.8 Å². The van der Waals surface area contributed by atoms with Crippen molar-refractivity contribution in [2.45, 2.75) is 44.6 Å². The maximum absolute atomic E-state index is 12.7. The van der Waals surface area contributed by atoms with Crippen LogP contribution in [0, 0.1) is 5.41 Å². The van der Waals surface area contributed by atoms with Gasteiger partial charge in [-0.25, -0.2) is 4.98 Å².